The molecule has 0 bridgehead atoms. The molecule has 2 aromatic carbocycles. The third-order valence-corrected chi connectivity index (χ3v) is 4.97. The monoisotopic (exact) mass is 358 g/mol. The molecule has 2 aromatic rings. The molecule has 3 rings (SSSR count). The largest absolute Gasteiger partial charge is 0.371 e. The summed E-state index contributed by atoms with van der Waals surface area (Å²) in [4.78, 5) is 25.8. The Kier molecular flexibility index (Phi) is 5.04. The van der Waals surface area contributed by atoms with Gasteiger partial charge in [0.2, 0.25) is 0 Å². The smallest absolute Gasteiger partial charge is 0.288 e. The number of benzene rings is 2. The van der Waals surface area contributed by atoms with Gasteiger partial charge in [-0.15, -0.1) is 0 Å². The van der Waals surface area contributed by atoms with Crippen LogP contribution in [0.5, 0.6) is 0 Å². The van der Waals surface area contributed by atoms with Gasteiger partial charge in [0.15, 0.2) is 5.78 Å². The maximum Gasteiger partial charge on any atom is 0.288 e. The fraction of sp³-hybridized carbons (Fsp3) is 0.316. The van der Waals surface area contributed by atoms with Gasteiger partial charge in [0.05, 0.1) is 10.5 Å². The molecule has 1 aliphatic rings. The lowest BCUT2D eigenvalue weighted by molar-refractivity contribution is -0.384. The summed E-state index contributed by atoms with van der Waals surface area (Å²) in [7, 11) is 0. The maximum absolute atomic E-state index is 13.0. The third kappa shape index (κ3) is 3.66. The van der Waals surface area contributed by atoms with Crippen LogP contribution in [0.3, 0.4) is 0 Å². The number of nitro benzene ring substituents is 1. The summed E-state index contributed by atoms with van der Waals surface area (Å²) < 4.78 is 0. The van der Waals surface area contributed by atoms with E-state index in [2.05, 4.69) is 11.8 Å². The van der Waals surface area contributed by atoms with Crippen molar-refractivity contribution in [2.45, 2.75) is 19.8 Å². The van der Waals surface area contributed by atoms with Crippen molar-refractivity contribution in [3.05, 3.63) is 68.7 Å². The summed E-state index contributed by atoms with van der Waals surface area (Å²) in [5.74, 6) is 0.409. The highest BCUT2D eigenvalue weighted by molar-refractivity contribution is 6.33. The zero-order valence-corrected chi connectivity index (χ0v) is 14.7. The lowest BCUT2D eigenvalue weighted by atomic mass is 9.96. The van der Waals surface area contributed by atoms with Gasteiger partial charge in [-0.1, -0.05) is 48.9 Å². The van der Waals surface area contributed by atoms with Crippen molar-refractivity contribution >= 4 is 28.8 Å². The second kappa shape index (κ2) is 7.23. The van der Waals surface area contributed by atoms with E-state index in [4.69, 9.17) is 11.6 Å². The second-order valence-electron chi connectivity index (χ2n) is 6.44. The van der Waals surface area contributed by atoms with E-state index in [-0.39, 0.29) is 16.5 Å². The summed E-state index contributed by atoms with van der Waals surface area (Å²) >= 11 is 6.12. The Balaban J connectivity index is 2.08. The molecule has 0 saturated carbocycles. The van der Waals surface area contributed by atoms with Crippen LogP contribution in [0.15, 0.2) is 42.5 Å². The number of anilines is 1. The van der Waals surface area contributed by atoms with Gasteiger partial charge in [0.25, 0.3) is 5.69 Å². The van der Waals surface area contributed by atoms with Crippen molar-refractivity contribution in [2.24, 2.45) is 5.92 Å². The van der Waals surface area contributed by atoms with Crippen LogP contribution in [0, 0.1) is 16.0 Å². The Hall–Kier alpha value is -2.40. The van der Waals surface area contributed by atoms with Gasteiger partial charge in [0, 0.05) is 30.4 Å². The van der Waals surface area contributed by atoms with Crippen molar-refractivity contribution < 1.29 is 9.72 Å². The van der Waals surface area contributed by atoms with Crippen LogP contribution in [-0.4, -0.2) is 23.8 Å². The van der Waals surface area contributed by atoms with E-state index in [0.29, 0.717) is 22.7 Å². The summed E-state index contributed by atoms with van der Waals surface area (Å²) in [5.41, 5.74) is 1.27. The van der Waals surface area contributed by atoms with Gasteiger partial charge >= 0.3 is 0 Å². The van der Waals surface area contributed by atoms with E-state index < -0.39 is 4.92 Å². The molecule has 0 aromatic heterocycles. The predicted molar refractivity (Wildman–Crippen MR) is 98.6 cm³/mol. The molecule has 0 atom stereocenters. The van der Waals surface area contributed by atoms with Crippen molar-refractivity contribution in [1.82, 2.24) is 0 Å². The van der Waals surface area contributed by atoms with Crippen molar-refractivity contribution in [3.63, 3.8) is 0 Å². The second-order valence-corrected chi connectivity index (χ2v) is 6.85. The minimum atomic E-state index is -0.549. The average molecular weight is 359 g/mol. The normalized spacial score (nSPS) is 15.2. The number of hydrogen-bond donors (Lipinski definition) is 0. The predicted octanol–water partition coefficient (Wildman–Crippen LogP) is 4.72. The number of nitrogens with zero attached hydrogens (tertiary/aromatic N) is 2. The summed E-state index contributed by atoms with van der Waals surface area (Å²) in [6.07, 6.45) is 2.04. The summed E-state index contributed by atoms with van der Waals surface area (Å²) in [6, 6.07) is 11.7. The number of halogens is 1. The molecule has 130 valence electrons. The maximum atomic E-state index is 13.0. The van der Waals surface area contributed by atoms with Gasteiger partial charge < -0.3 is 4.90 Å². The lowest BCUT2D eigenvalue weighted by Crippen LogP contribution is -2.34. The molecular formula is C19H19ClN2O3. The molecule has 1 aliphatic heterocycles. The first-order valence-electron chi connectivity index (χ1n) is 8.30. The number of ketones is 1. The lowest BCUT2D eigenvalue weighted by Gasteiger charge is -2.33. The van der Waals surface area contributed by atoms with Crippen molar-refractivity contribution in [3.8, 4) is 0 Å². The van der Waals surface area contributed by atoms with Gasteiger partial charge in [-0.3, -0.25) is 14.9 Å². The number of carbonyl (C=O) groups is 1. The van der Waals surface area contributed by atoms with E-state index in [0.717, 1.165) is 25.9 Å². The average Bonchev–Trinajstić information content (AvgIpc) is 2.62. The fourth-order valence-corrected chi connectivity index (χ4v) is 3.36. The van der Waals surface area contributed by atoms with Crippen LogP contribution in [0.25, 0.3) is 0 Å². The van der Waals surface area contributed by atoms with Crippen molar-refractivity contribution in [1.29, 1.82) is 0 Å². The van der Waals surface area contributed by atoms with Crippen LogP contribution in [-0.2, 0) is 0 Å². The van der Waals surface area contributed by atoms with Gasteiger partial charge in [0.1, 0.15) is 5.02 Å². The van der Waals surface area contributed by atoms with Gasteiger partial charge in [-0.2, -0.15) is 0 Å². The van der Waals surface area contributed by atoms with Gasteiger partial charge in [-0.25, -0.2) is 0 Å². The van der Waals surface area contributed by atoms with Crippen LogP contribution in [0.2, 0.25) is 5.02 Å². The zero-order chi connectivity index (χ0) is 18.0. The van der Waals surface area contributed by atoms with E-state index in [9.17, 15) is 14.9 Å². The van der Waals surface area contributed by atoms with Crippen LogP contribution < -0.4 is 4.90 Å². The summed E-state index contributed by atoms with van der Waals surface area (Å²) in [5, 5.41) is 11.3. The molecule has 5 nitrogen and oxygen atoms in total. The number of nitro groups is 1. The Morgan fingerprint density at radius 1 is 1.20 bits per heavy atom. The van der Waals surface area contributed by atoms with Crippen LogP contribution >= 0.6 is 11.6 Å². The van der Waals surface area contributed by atoms with Crippen LogP contribution in [0.4, 0.5) is 11.4 Å². The first-order chi connectivity index (χ1) is 12.0. The fourth-order valence-electron chi connectivity index (χ4n) is 3.13. The molecule has 0 spiro atoms. The molecular weight excluding hydrogens is 340 g/mol. The van der Waals surface area contributed by atoms with Crippen LogP contribution in [0.1, 0.15) is 35.7 Å². The van der Waals surface area contributed by atoms with E-state index in [1.54, 1.807) is 30.3 Å². The molecule has 1 fully saturated rings. The Morgan fingerprint density at radius 3 is 2.44 bits per heavy atom. The standard InChI is InChI=1S/C19H19ClN2O3/c1-13-7-9-21(10-8-13)17-12-16(20)18(22(24)25)11-15(17)19(23)14-5-3-2-4-6-14/h2-6,11-13H,7-10H2,1H3. The van der Waals surface area contributed by atoms with Crippen molar-refractivity contribution in [2.75, 3.05) is 18.0 Å². The van der Waals surface area contributed by atoms with E-state index in [1.807, 2.05) is 6.07 Å². The number of hydrogen-bond acceptors (Lipinski definition) is 4. The number of carbonyl (C=O) groups excluding carboxylic acids is 1. The first-order valence-corrected chi connectivity index (χ1v) is 8.68. The first kappa shape index (κ1) is 17.4. The molecule has 1 heterocycles. The Morgan fingerprint density at radius 2 is 1.84 bits per heavy atom. The highest BCUT2D eigenvalue weighted by Gasteiger charge is 2.26. The molecule has 0 radical (unpaired) electrons. The third-order valence-electron chi connectivity index (χ3n) is 4.67. The summed E-state index contributed by atoms with van der Waals surface area (Å²) in [6.45, 7) is 3.82. The minimum absolute atomic E-state index is 0.0585. The minimum Gasteiger partial charge on any atom is -0.371 e. The molecule has 0 aliphatic carbocycles. The molecule has 25 heavy (non-hydrogen) atoms. The Labute approximate surface area is 151 Å². The molecule has 6 heteroatoms. The zero-order valence-electron chi connectivity index (χ0n) is 13.9. The van der Waals surface area contributed by atoms with Gasteiger partial charge in [-0.05, 0) is 24.8 Å². The molecule has 0 N–H and O–H groups in total. The highest BCUT2D eigenvalue weighted by Crippen LogP contribution is 2.36. The SMILES string of the molecule is CC1CCN(c2cc(Cl)c([N+](=O)[O-])cc2C(=O)c2ccccc2)CC1. The highest BCUT2D eigenvalue weighted by atomic mass is 35.5. The van der Waals surface area contributed by atoms with E-state index in [1.165, 1.54) is 6.07 Å². The Bertz CT molecular complexity index is 800. The number of piperidine rings is 1. The molecule has 1 saturated heterocycles. The number of rotatable bonds is 4. The molecule has 0 amide bonds. The van der Waals surface area contributed by atoms with E-state index >= 15 is 0 Å². The topological polar surface area (TPSA) is 63.4 Å². The molecule has 0 unspecified atom stereocenters. The quantitative estimate of drug-likeness (QED) is 0.451.